The van der Waals surface area contributed by atoms with Crippen LogP contribution in [0.15, 0.2) is 71.0 Å². The number of rotatable bonds is 6. The molecule has 0 radical (unpaired) electrons. The second-order valence-electron chi connectivity index (χ2n) is 9.06. The zero-order valence-electron chi connectivity index (χ0n) is 20.0. The number of allylic oxidation sites excluding steroid dienone is 4. The van der Waals surface area contributed by atoms with Crippen molar-refractivity contribution in [2.75, 3.05) is 22.9 Å². The summed E-state index contributed by atoms with van der Waals surface area (Å²) >= 11 is 12.7. The van der Waals surface area contributed by atoms with Crippen LogP contribution in [-0.4, -0.2) is 33.8 Å². The van der Waals surface area contributed by atoms with E-state index in [1.165, 1.54) is 6.07 Å². The molecule has 2 aromatic heterocycles. The average Bonchev–Trinajstić information content (AvgIpc) is 2.80. The van der Waals surface area contributed by atoms with Crippen molar-refractivity contribution in [3.63, 3.8) is 0 Å². The first-order valence-corrected chi connectivity index (χ1v) is 11.9. The lowest BCUT2D eigenvalue weighted by atomic mass is 9.96. The molecule has 0 unspecified atom stereocenters. The van der Waals surface area contributed by atoms with Gasteiger partial charge in [0, 0.05) is 42.5 Å². The Bertz CT molecular complexity index is 1260. The standard InChI is InChI=1S/C26H27Cl2FN4O2/c1-16-11-31-25(32-7-5-6-18(13-32)26(3,4)34)10-23(16)33-14-21(28)24(8-17(33)2)35-15-22-20(27)9-19(29)12-30-22/h5-12,34H,13-15H2,1-4H3. The maximum atomic E-state index is 13.3. The molecular weight excluding hydrogens is 490 g/mol. The predicted octanol–water partition coefficient (Wildman–Crippen LogP) is 6.00. The van der Waals surface area contributed by atoms with Crippen LogP contribution >= 0.6 is 23.2 Å². The van der Waals surface area contributed by atoms with Gasteiger partial charge in [0.05, 0.1) is 34.1 Å². The van der Waals surface area contributed by atoms with E-state index in [0.717, 1.165) is 34.5 Å². The molecule has 0 aromatic carbocycles. The minimum absolute atomic E-state index is 0.0746. The van der Waals surface area contributed by atoms with E-state index in [1.807, 2.05) is 55.4 Å². The highest BCUT2D eigenvalue weighted by Crippen LogP contribution is 2.34. The van der Waals surface area contributed by atoms with E-state index in [2.05, 4.69) is 14.9 Å². The number of nitrogens with zero attached hydrogens (tertiary/aromatic N) is 4. The van der Waals surface area contributed by atoms with Crippen molar-refractivity contribution in [2.24, 2.45) is 0 Å². The minimum atomic E-state index is -0.912. The van der Waals surface area contributed by atoms with Crippen molar-refractivity contribution in [3.05, 3.63) is 93.1 Å². The van der Waals surface area contributed by atoms with Gasteiger partial charge in [-0.3, -0.25) is 4.98 Å². The number of aryl methyl sites for hydroxylation is 1. The first-order valence-electron chi connectivity index (χ1n) is 11.1. The first kappa shape index (κ1) is 25.2. The second kappa shape index (κ2) is 10.0. The van der Waals surface area contributed by atoms with Gasteiger partial charge in [0.1, 0.15) is 24.0 Å². The molecule has 0 saturated carbocycles. The van der Waals surface area contributed by atoms with E-state index in [-0.39, 0.29) is 11.6 Å². The van der Waals surface area contributed by atoms with Gasteiger partial charge in [0.15, 0.2) is 0 Å². The monoisotopic (exact) mass is 516 g/mol. The Hall–Kier alpha value is -2.87. The summed E-state index contributed by atoms with van der Waals surface area (Å²) in [5.74, 6) is 0.789. The largest absolute Gasteiger partial charge is 0.486 e. The molecule has 2 aromatic rings. The van der Waals surface area contributed by atoms with Gasteiger partial charge in [0.2, 0.25) is 0 Å². The molecule has 2 aliphatic rings. The highest BCUT2D eigenvalue weighted by Gasteiger charge is 2.25. The zero-order valence-corrected chi connectivity index (χ0v) is 21.5. The summed E-state index contributed by atoms with van der Waals surface area (Å²) in [6, 6.07) is 3.22. The van der Waals surface area contributed by atoms with Crippen LogP contribution in [0.25, 0.3) is 0 Å². The van der Waals surface area contributed by atoms with E-state index in [4.69, 9.17) is 27.9 Å². The van der Waals surface area contributed by atoms with E-state index in [1.54, 1.807) is 13.8 Å². The summed E-state index contributed by atoms with van der Waals surface area (Å²) in [4.78, 5) is 12.7. The lowest BCUT2D eigenvalue weighted by Crippen LogP contribution is -2.33. The van der Waals surface area contributed by atoms with Gasteiger partial charge in [0.25, 0.3) is 0 Å². The maximum Gasteiger partial charge on any atom is 0.142 e. The second-order valence-corrected chi connectivity index (χ2v) is 9.92. The molecular formula is C26H27Cl2FN4O2. The van der Waals surface area contributed by atoms with Crippen LogP contribution in [0.3, 0.4) is 0 Å². The Morgan fingerprint density at radius 1 is 1.14 bits per heavy atom. The number of hydrogen-bond donors (Lipinski definition) is 1. The topological polar surface area (TPSA) is 61.7 Å². The van der Waals surface area contributed by atoms with Crippen LogP contribution in [0.5, 0.6) is 0 Å². The van der Waals surface area contributed by atoms with Crippen molar-refractivity contribution < 1.29 is 14.2 Å². The van der Waals surface area contributed by atoms with Gasteiger partial charge in [-0.15, -0.1) is 0 Å². The smallest absolute Gasteiger partial charge is 0.142 e. The highest BCUT2D eigenvalue weighted by molar-refractivity contribution is 6.31. The van der Waals surface area contributed by atoms with Crippen LogP contribution < -0.4 is 9.80 Å². The fourth-order valence-corrected chi connectivity index (χ4v) is 4.27. The lowest BCUT2D eigenvalue weighted by Gasteiger charge is -2.33. The maximum absolute atomic E-state index is 13.3. The van der Waals surface area contributed by atoms with Gasteiger partial charge >= 0.3 is 0 Å². The number of aromatic nitrogens is 2. The van der Waals surface area contributed by atoms with Crippen molar-refractivity contribution in [1.29, 1.82) is 0 Å². The van der Waals surface area contributed by atoms with E-state index >= 15 is 0 Å². The molecule has 0 bridgehead atoms. The third kappa shape index (κ3) is 5.69. The Morgan fingerprint density at radius 3 is 2.63 bits per heavy atom. The molecule has 6 nitrogen and oxygen atoms in total. The third-order valence-corrected chi connectivity index (χ3v) is 6.55. The van der Waals surface area contributed by atoms with Crippen molar-refractivity contribution >= 4 is 34.7 Å². The summed E-state index contributed by atoms with van der Waals surface area (Å²) in [6.07, 6.45) is 10.6. The van der Waals surface area contributed by atoms with Crippen LogP contribution in [0.1, 0.15) is 32.0 Å². The quantitative estimate of drug-likeness (QED) is 0.507. The van der Waals surface area contributed by atoms with Crippen LogP contribution in [0, 0.1) is 12.7 Å². The number of aliphatic hydroxyl groups is 1. The molecule has 184 valence electrons. The summed E-state index contributed by atoms with van der Waals surface area (Å²) < 4.78 is 19.1. The van der Waals surface area contributed by atoms with E-state index in [0.29, 0.717) is 29.6 Å². The molecule has 0 aliphatic carbocycles. The fourth-order valence-electron chi connectivity index (χ4n) is 3.83. The molecule has 0 amide bonds. The summed E-state index contributed by atoms with van der Waals surface area (Å²) in [5.41, 5.74) is 3.33. The molecule has 9 heteroatoms. The van der Waals surface area contributed by atoms with Crippen molar-refractivity contribution in [2.45, 2.75) is 39.9 Å². The molecule has 1 N–H and O–H groups in total. The van der Waals surface area contributed by atoms with E-state index < -0.39 is 11.4 Å². The molecule has 35 heavy (non-hydrogen) atoms. The Morgan fingerprint density at radius 2 is 1.91 bits per heavy atom. The molecule has 4 rings (SSSR count). The SMILES string of the molecule is CC1=CC(OCc2ncc(F)cc2Cl)=C(Cl)CN1c1cc(N2C=CC=C(C(C)(C)O)C2)ncc1C. The minimum Gasteiger partial charge on any atom is -0.486 e. The fraction of sp³-hybridized carbons (Fsp3) is 0.308. The summed E-state index contributed by atoms with van der Waals surface area (Å²) in [7, 11) is 0. The molecule has 4 heterocycles. The van der Waals surface area contributed by atoms with E-state index in [9.17, 15) is 9.50 Å². The predicted molar refractivity (Wildman–Crippen MR) is 138 cm³/mol. The highest BCUT2D eigenvalue weighted by atomic mass is 35.5. The van der Waals surface area contributed by atoms with Crippen LogP contribution in [0.4, 0.5) is 15.9 Å². The molecule has 0 saturated heterocycles. The van der Waals surface area contributed by atoms with Crippen molar-refractivity contribution in [1.82, 2.24) is 9.97 Å². The number of hydrogen-bond acceptors (Lipinski definition) is 6. The molecule has 0 fully saturated rings. The summed E-state index contributed by atoms with van der Waals surface area (Å²) in [5, 5.41) is 11.1. The zero-order chi connectivity index (χ0) is 25.3. The summed E-state index contributed by atoms with van der Waals surface area (Å²) in [6.45, 7) is 8.57. The van der Waals surface area contributed by atoms with Gasteiger partial charge in [-0.25, -0.2) is 9.37 Å². The lowest BCUT2D eigenvalue weighted by molar-refractivity contribution is 0.118. The first-order chi connectivity index (χ1) is 16.5. The van der Waals surface area contributed by atoms with Gasteiger partial charge in [-0.1, -0.05) is 29.3 Å². The normalized spacial score (nSPS) is 16.5. The van der Waals surface area contributed by atoms with Crippen LogP contribution in [0.2, 0.25) is 5.02 Å². The average molecular weight is 517 g/mol. The van der Waals surface area contributed by atoms with Crippen molar-refractivity contribution in [3.8, 4) is 0 Å². The van der Waals surface area contributed by atoms with Gasteiger partial charge < -0.3 is 19.6 Å². The number of ether oxygens (including phenoxy) is 1. The number of anilines is 2. The molecule has 0 atom stereocenters. The third-order valence-electron chi connectivity index (χ3n) is 5.91. The number of halogens is 3. The molecule has 0 spiro atoms. The Labute approximate surface area is 214 Å². The van der Waals surface area contributed by atoms with Crippen LogP contribution in [-0.2, 0) is 11.3 Å². The Balaban J connectivity index is 1.52. The molecule has 2 aliphatic heterocycles. The van der Waals surface area contributed by atoms with Gasteiger partial charge in [-0.05, 0) is 51.0 Å². The Kier molecular flexibility index (Phi) is 7.22. The van der Waals surface area contributed by atoms with Gasteiger partial charge in [-0.2, -0.15) is 0 Å². The number of pyridine rings is 2.